The lowest BCUT2D eigenvalue weighted by atomic mass is 9.74. The molecule has 2 saturated heterocycles. The highest BCUT2D eigenvalue weighted by Gasteiger charge is 2.44. The molecule has 2 fully saturated rings. The number of benzene rings is 1. The molecule has 1 aromatic rings. The fourth-order valence-electron chi connectivity index (χ4n) is 4.04. The quantitative estimate of drug-likeness (QED) is 0.862. The van der Waals surface area contributed by atoms with Crippen LogP contribution in [0, 0.1) is 17.8 Å². The number of rotatable bonds is 3. The summed E-state index contributed by atoms with van der Waals surface area (Å²) >= 11 is 0. The van der Waals surface area contributed by atoms with Gasteiger partial charge < -0.3 is 5.32 Å². The molecular weight excluding hydrogens is 258 g/mol. The molecule has 2 heteroatoms. The van der Waals surface area contributed by atoms with Crippen molar-refractivity contribution in [3.05, 3.63) is 35.4 Å². The van der Waals surface area contributed by atoms with Crippen molar-refractivity contribution in [1.82, 2.24) is 5.32 Å². The lowest BCUT2D eigenvalue weighted by Gasteiger charge is -2.37. The molecule has 0 spiro atoms. The van der Waals surface area contributed by atoms with Gasteiger partial charge in [0.2, 0.25) is 0 Å². The molecular formula is C19H23NO. The third-order valence-corrected chi connectivity index (χ3v) is 5.01. The van der Waals surface area contributed by atoms with Crippen LogP contribution in [-0.2, 0) is 4.79 Å². The van der Waals surface area contributed by atoms with E-state index >= 15 is 0 Å². The molecule has 0 amide bonds. The van der Waals surface area contributed by atoms with Gasteiger partial charge in [-0.25, -0.2) is 0 Å². The molecule has 1 aromatic carbocycles. The molecule has 2 heterocycles. The fourth-order valence-corrected chi connectivity index (χ4v) is 4.04. The van der Waals surface area contributed by atoms with Crippen LogP contribution < -0.4 is 5.32 Å². The Hall–Kier alpha value is -1.59. The van der Waals surface area contributed by atoms with Gasteiger partial charge in [-0.05, 0) is 49.8 Å². The maximum atomic E-state index is 12.4. The topological polar surface area (TPSA) is 29.1 Å². The van der Waals surface area contributed by atoms with Crippen LogP contribution >= 0.6 is 0 Å². The summed E-state index contributed by atoms with van der Waals surface area (Å²) in [6, 6.07) is 9.50. The number of Topliss-reactive ketones (excluding diaryl/α,β-unsaturated/α-hetero) is 1. The van der Waals surface area contributed by atoms with Crippen LogP contribution in [-0.4, -0.2) is 17.9 Å². The first-order valence-electron chi connectivity index (χ1n) is 8.04. The van der Waals surface area contributed by atoms with E-state index in [1.165, 1.54) is 12.0 Å². The van der Waals surface area contributed by atoms with Crippen LogP contribution in [0.2, 0.25) is 0 Å². The summed E-state index contributed by atoms with van der Waals surface area (Å²) in [7, 11) is 0. The Morgan fingerprint density at radius 3 is 2.71 bits per heavy atom. The van der Waals surface area contributed by atoms with Crippen molar-refractivity contribution >= 4 is 5.78 Å². The number of ketones is 1. The smallest absolute Gasteiger partial charge is 0.137 e. The van der Waals surface area contributed by atoms with E-state index < -0.39 is 0 Å². The van der Waals surface area contributed by atoms with Gasteiger partial charge in [0, 0.05) is 30.0 Å². The predicted octanol–water partition coefficient (Wildman–Crippen LogP) is 3.26. The summed E-state index contributed by atoms with van der Waals surface area (Å²) in [5, 5.41) is 3.64. The summed E-state index contributed by atoms with van der Waals surface area (Å²) in [6.07, 6.45) is 4.10. The lowest BCUT2D eigenvalue weighted by Crippen LogP contribution is -2.47. The van der Waals surface area contributed by atoms with Crippen LogP contribution in [0.3, 0.4) is 0 Å². The summed E-state index contributed by atoms with van der Waals surface area (Å²) in [6.45, 7) is 3.84. The highest BCUT2D eigenvalue weighted by atomic mass is 16.1. The number of hydrogen-bond acceptors (Lipinski definition) is 2. The zero-order valence-corrected chi connectivity index (χ0v) is 12.9. The Labute approximate surface area is 127 Å². The fraction of sp³-hybridized carbons (Fsp3) is 0.526. The zero-order chi connectivity index (χ0) is 14.8. The molecule has 0 saturated carbocycles. The van der Waals surface area contributed by atoms with Gasteiger partial charge >= 0.3 is 0 Å². The Kier molecular flexibility index (Phi) is 4.12. The first kappa shape index (κ1) is 14.4. The van der Waals surface area contributed by atoms with Crippen molar-refractivity contribution in [2.24, 2.45) is 5.92 Å². The van der Waals surface area contributed by atoms with E-state index in [1.54, 1.807) is 0 Å². The van der Waals surface area contributed by atoms with Gasteiger partial charge in [0.25, 0.3) is 0 Å². The van der Waals surface area contributed by atoms with Crippen molar-refractivity contribution in [3.63, 3.8) is 0 Å². The minimum absolute atomic E-state index is 0.150. The van der Waals surface area contributed by atoms with Gasteiger partial charge in [0.1, 0.15) is 5.78 Å². The molecule has 110 valence electrons. The predicted molar refractivity (Wildman–Crippen MR) is 85.1 cm³/mol. The van der Waals surface area contributed by atoms with Gasteiger partial charge in [-0.1, -0.05) is 25.0 Å². The van der Waals surface area contributed by atoms with Crippen molar-refractivity contribution in [2.75, 3.05) is 0 Å². The molecule has 21 heavy (non-hydrogen) atoms. The van der Waals surface area contributed by atoms with E-state index in [1.807, 2.05) is 13.8 Å². The minimum atomic E-state index is 0.150. The first-order chi connectivity index (χ1) is 10.2. The lowest BCUT2D eigenvalue weighted by molar-refractivity contribution is -0.124. The summed E-state index contributed by atoms with van der Waals surface area (Å²) in [5.41, 5.74) is 2.36. The number of fused-ring (bicyclic) bond motifs is 2. The second kappa shape index (κ2) is 6.03. The van der Waals surface area contributed by atoms with Crippen molar-refractivity contribution in [1.29, 1.82) is 0 Å². The number of carbonyl (C=O) groups is 1. The Morgan fingerprint density at radius 1 is 1.29 bits per heavy atom. The summed E-state index contributed by atoms with van der Waals surface area (Å²) in [5.74, 6) is 6.95. The average Bonchev–Trinajstić information content (AvgIpc) is 2.89. The Bertz CT molecular complexity index is 578. The van der Waals surface area contributed by atoms with Crippen LogP contribution in [0.5, 0.6) is 0 Å². The third-order valence-electron chi connectivity index (χ3n) is 5.01. The van der Waals surface area contributed by atoms with E-state index in [2.05, 4.69) is 41.4 Å². The maximum absolute atomic E-state index is 12.4. The van der Waals surface area contributed by atoms with E-state index in [0.29, 0.717) is 30.2 Å². The molecule has 1 N–H and O–H groups in total. The highest BCUT2D eigenvalue weighted by Crippen LogP contribution is 2.42. The Morgan fingerprint density at radius 2 is 2.05 bits per heavy atom. The SMILES string of the molecule is CC#Cc1ccc(C2CC3CCC(N3)C2C(=O)CC)cc1. The van der Waals surface area contributed by atoms with Crippen LogP contribution in [0.1, 0.15) is 56.6 Å². The normalized spacial score (nSPS) is 30.6. The van der Waals surface area contributed by atoms with E-state index in [-0.39, 0.29) is 5.92 Å². The Balaban J connectivity index is 1.90. The largest absolute Gasteiger partial charge is 0.310 e. The van der Waals surface area contributed by atoms with Crippen molar-refractivity contribution < 1.29 is 4.79 Å². The molecule has 0 aliphatic carbocycles. The molecule has 2 aliphatic heterocycles. The van der Waals surface area contributed by atoms with E-state index in [0.717, 1.165) is 18.4 Å². The zero-order valence-electron chi connectivity index (χ0n) is 12.9. The third kappa shape index (κ3) is 2.76. The van der Waals surface area contributed by atoms with E-state index in [9.17, 15) is 4.79 Å². The minimum Gasteiger partial charge on any atom is -0.310 e. The first-order valence-corrected chi connectivity index (χ1v) is 8.04. The molecule has 2 bridgehead atoms. The van der Waals surface area contributed by atoms with Gasteiger partial charge in [0.15, 0.2) is 0 Å². The highest BCUT2D eigenvalue weighted by molar-refractivity contribution is 5.82. The van der Waals surface area contributed by atoms with Gasteiger partial charge in [-0.3, -0.25) is 4.79 Å². The number of carbonyl (C=O) groups excluding carboxylic acids is 1. The second-order valence-electron chi connectivity index (χ2n) is 6.23. The molecule has 0 aromatic heterocycles. The average molecular weight is 281 g/mol. The van der Waals surface area contributed by atoms with Gasteiger partial charge in [-0.15, -0.1) is 5.92 Å². The number of hydrogen-bond donors (Lipinski definition) is 1. The monoisotopic (exact) mass is 281 g/mol. The second-order valence-corrected chi connectivity index (χ2v) is 6.23. The van der Waals surface area contributed by atoms with Gasteiger partial charge in [0.05, 0.1) is 0 Å². The molecule has 0 radical (unpaired) electrons. The van der Waals surface area contributed by atoms with Crippen LogP contribution in [0.15, 0.2) is 24.3 Å². The summed E-state index contributed by atoms with van der Waals surface area (Å²) in [4.78, 5) is 12.4. The number of piperidine rings is 1. The van der Waals surface area contributed by atoms with E-state index in [4.69, 9.17) is 0 Å². The molecule has 4 unspecified atom stereocenters. The van der Waals surface area contributed by atoms with Crippen LogP contribution in [0.4, 0.5) is 0 Å². The standard InChI is InChI=1S/C19H23NO/c1-3-5-13-6-8-14(9-7-13)16-12-15-10-11-17(20-15)19(16)18(21)4-2/h6-9,15-17,19-20H,4,10-12H2,1-2H3. The molecule has 4 atom stereocenters. The van der Waals surface area contributed by atoms with Gasteiger partial charge in [-0.2, -0.15) is 0 Å². The molecule has 3 rings (SSSR count). The van der Waals surface area contributed by atoms with Crippen molar-refractivity contribution in [2.45, 2.75) is 57.5 Å². The summed E-state index contributed by atoms with van der Waals surface area (Å²) < 4.78 is 0. The van der Waals surface area contributed by atoms with Crippen LogP contribution in [0.25, 0.3) is 0 Å². The molecule has 2 aliphatic rings. The maximum Gasteiger partial charge on any atom is 0.137 e. The van der Waals surface area contributed by atoms with Crippen molar-refractivity contribution in [3.8, 4) is 11.8 Å². The molecule has 2 nitrogen and oxygen atoms in total. The number of nitrogens with one attached hydrogen (secondary N) is 1.